The van der Waals surface area contributed by atoms with Gasteiger partial charge in [-0.15, -0.1) is 0 Å². The summed E-state index contributed by atoms with van der Waals surface area (Å²) in [4.78, 5) is 0. The zero-order chi connectivity index (χ0) is 14.5. The highest BCUT2D eigenvalue weighted by Crippen LogP contribution is 2.22. The highest BCUT2D eigenvalue weighted by molar-refractivity contribution is 5.21. The molecule has 0 aliphatic carbocycles. The Balaban J connectivity index is 2.95. The second-order valence-electron chi connectivity index (χ2n) is 5.05. The number of ether oxygens (including phenoxy) is 1. The van der Waals surface area contributed by atoms with E-state index in [1.807, 2.05) is 27.7 Å². The van der Waals surface area contributed by atoms with Crippen molar-refractivity contribution >= 4 is 0 Å². The highest BCUT2D eigenvalue weighted by atomic mass is 19.1. The van der Waals surface area contributed by atoms with Crippen LogP contribution in [0.5, 0.6) is 0 Å². The van der Waals surface area contributed by atoms with E-state index in [1.54, 1.807) is 0 Å². The molecule has 0 saturated carbocycles. The third-order valence-electron chi connectivity index (χ3n) is 3.28. The molecule has 0 radical (unpaired) electrons. The van der Waals surface area contributed by atoms with Gasteiger partial charge in [-0.3, -0.25) is 0 Å². The predicted molar refractivity (Wildman–Crippen MR) is 73.2 cm³/mol. The standard InChI is InChI=1S/C15H23F2NO/c1-5-18-14(15(3,4)19-6-2)10-11-12(16)8-7-9-13(11)17/h7-9,14,18H,5-6,10H2,1-4H3. The Morgan fingerprint density at radius 1 is 1.21 bits per heavy atom. The lowest BCUT2D eigenvalue weighted by Crippen LogP contribution is -2.50. The third-order valence-corrected chi connectivity index (χ3v) is 3.28. The Morgan fingerprint density at radius 2 is 1.79 bits per heavy atom. The fraction of sp³-hybridized carbons (Fsp3) is 0.600. The molecule has 0 amide bonds. The van der Waals surface area contributed by atoms with Crippen LogP contribution >= 0.6 is 0 Å². The minimum Gasteiger partial charge on any atom is -0.374 e. The van der Waals surface area contributed by atoms with Gasteiger partial charge < -0.3 is 10.1 Å². The molecule has 0 aromatic heterocycles. The molecule has 19 heavy (non-hydrogen) atoms. The molecule has 1 N–H and O–H groups in total. The number of halogens is 2. The Hall–Kier alpha value is -1.00. The fourth-order valence-corrected chi connectivity index (χ4v) is 2.21. The average Bonchev–Trinajstić information content (AvgIpc) is 2.32. The van der Waals surface area contributed by atoms with E-state index in [9.17, 15) is 8.78 Å². The molecule has 0 aliphatic heterocycles. The molecule has 0 heterocycles. The zero-order valence-corrected chi connectivity index (χ0v) is 12.1. The van der Waals surface area contributed by atoms with Crippen LogP contribution in [0.25, 0.3) is 0 Å². The van der Waals surface area contributed by atoms with Crippen molar-refractivity contribution in [2.24, 2.45) is 0 Å². The van der Waals surface area contributed by atoms with E-state index in [-0.39, 0.29) is 18.0 Å². The van der Waals surface area contributed by atoms with Gasteiger partial charge in [0.2, 0.25) is 0 Å². The maximum absolute atomic E-state index is 13.7. The molecule has 1 aromatic rings. The molecule has 2 nitrogen and oxygen atoms in total. The summed E-state index contributed by atoms with van der Waals surface area (Å²) in [6, 6.07) is 3.80. The monoisotopic (exact) mass is 271 g/mol. The van der Waals surface area contributed by atoms with Gasteiger partial charge in [0.05, 0.1) is 5.60 Å². The first kappa shape index (κ1) is 16.1. The van der Waals surface area contributed by atoms with Crippen molar-refractivity contribution < 1.29 is 13.5 Å². The van der Waals surface area contributed by atoms with Crippen molar-refractivity contribution in [2.75, 3.05) is 13.2 Å². The van der Waals surface area contributed by atoms with Crippen LogP contribution in [0.15, 0.2) is 18.2 Å². The summed E-state index contributed by atoms with van der Waals surface area (Å²) >= 11 is 0. The van der Waals surface area contributed by atoms with Crippen LogP contribution in [0.1, 0.15) is 33.3 Å². The first-order valence-electron chi connectivity index (χ1n) is 6.72. The molecule has 0 saturated heterocycles. The molecular formula is C15H23F2NO. The minimum absolute atomic E-state index is 0.112. The molecule has 4 heteroatoms. The SMILES string of the molecule is CCNC(Cc1c(F)cccc1F)C(C)(C)OCC. The summed E-state index contributed by atoms with van der Waals surface area (Å²) in [5.41, 5.74) is -0.374. The van der Waals surface area contributed by atoms with E-state index in [0.717, 1.165) is 6.54 Å². The van der Waals surface area contributed by atoms with Crippen LogP contribution in [0.4, 0.5) is 8.78 Å². The van der Waals surface area contributed by atoms with Crippen LogP contribution < -0.4 is 5.32 Å². The Kier molecular flexibility index (Phi) is 5.88. The van der Waals surface area contributed by atoms with Crippen LogP contribution in [0, 0.1) is 11.6 Å². The van der Waals surface area contributed by atoms with E-state index in [4.69, 9.17) is 4.74 Å². The van der Waals surface area contributed by atoms with Crippen LogP contribution in [-0.4, -0.2) is 24.8 Å². The van der Waals surface area contributed by atoms with Crippen molar-refractivity contribution in [2.45, 2.75) is 45.8 Å². The lowest BCUT2D eigenvalue weighted by Gasteiger charge is -2.35. The van der Waals surface area contributed by atoms with E-state index in [0.29, 0.717) is 6.61 Å². The molecular weight excluding hydrogens is 248 g/mol. The van der Waals surface area contributed by atoms with Crippen molar-refractivity contribution in [3.63, 3.8) is 0 Å². The van der Waals surface area contributed by atoms with E-state index < -0.39 is 17.2 Å². The minimum atomic E-state index is -0.504. The van der Waals surface area contributed by atoms with E-state index >= 15 is 0 Å². The number of benzene rings is 1. The van der Waals surface area contributed by atoms with Gasteiger partial charge in [0.25, 0.3) is 0 Å². The van der Waals surface area contributed by atoms with Gasteiger partial charge in [-0.25, -0.2) is 8.78 Å². The maximum atomic E-state index is 13.7. The normalized spacial score (nSPS) is 13.6. The van der Waals surface area contributed by atoms with Crippen molar-refractivity contribution in [3.05, 3.63) is 35.4 Å². The molecule has 1 aromatic carbocycles. The van der Waals surface area contributed by atoms with Gasteiger partial charge in [-0.2, -0.15) is 0 Å². The second kappa shape index (κ2) is 6.96. The van der Waals surface area contributed by atoms with Crippen LogP contribution in [0.2, 0.25) is 0 Å². The molecule has 0 fully saturated rings. The molecule has 1 atom stereocenters. The molecule has 0 bridgehead atoms. The van der Waals surface area contributed by atoms with Gasteiger partial charge in [-0.05, 0) is 45.9 Å². The van der Waals surface area contributed by atoms with Crippen molar-refractivity contribution in [1.29, 1.82) is 0 Å². The van der Waals surface area contributed by atoms with Gasteiger partial charge in [0.15, 0.2) is 0 Å². The zero-order valence-electron chi connectivity index (χ0n) is 12.1. The average molecular weight is 271 g/mol. The topological polar surface area (TPSA) is 21.3 Å². The number of likely N-dealkylation sites (N-methyl/N-ethyl adjacent to an activating group) is 1. The van der Waals surface area contributed by atoms with Crippen LogP contribution in [0.3, 0.4) is 0 Å². The second-order valence-corrected chi connectivity index (χ2v) is 5.05. The lowest BCUT2D eigenvalue weighted by atomic mass is 9.91. The summed E-state index contributed by atoms with van der Waals surface area (Å²) in [5, 5.41) is 3.25. The number of hydrogen-bond donors (Lipinski definition) is 1. The summed E-state index contributed by atoms with van der Waals surface area (Å²) in [7, 11) is 0. The molecule has 1 unspecified atom stereocenters. The van der Waals surface area contributed by atoms with E-state index in [2.05, 4.69) is 5.32 Å². The van der Waals surface area contributed by atoms with Crippen LogP contribution in [-0.2, 0) is 11.2 Å². The summed E-state index contributed by atoms with van der Waals surface area (Å²) in [6.07, 6.45) is 0.263. The molecule has 0 spiro atoms. The first-order chi connectivity index (χ1) is 8.92. The summed E-state index contributed by atoms with van der Waals surface area (Å²) < 4.78 is 33.1. The Bertz CT molecular complexity index is 387. The molecule has 108 valence electrons. The van der Waals surface area contributed by atoms with E-state index in [1.165, 1.54) is 18.2 Å². The molecule has 1 rings (SSSR count). The van der Waals surface area contributed by atoms with Gasteiger partial charge in [-0.1, -0.05) is 13.0 Å². The number of rotatable bonds is 7. The summed E-state index contributed by atoms with van der Waals surface area (Å²) in [5.74, 6) is -1.01. The molecule has 0 aliphatic rings. The van der Waals surface area contributed by atoms with Crippen molar-refractivity contribution in [3.8, 4) is 0 Å². The summed E-state index contributed by atoms with van der Waals surface area (Å²) in [6.45, 7) is 9.03. The predicted octanol–water partition coefficient (Wildman–Crippen LogP) is 3.30. The van der Waals surface area contributed by atoms with Gasteiger partial charge >= 0.3 is 0 Å². The van der Waals surface area contributed by atoms with Gasteiger partial charge in [0, 0.05) is 18.2 Å². The maximum Gasteiger partial charge on any atom is 0.129 e. The quantitative estimate of drug-likeness (QED) is 0.821. The lowest BCUT2D eigenvalue weighted by molar-refractivity contribution is -0.0379. The first-order valence-corrected chi connectivity index (χ1v) is 6.72. The van der Waals surface area contributed by atoms with Crippen molar-refractivity contribution in [1.82, 2.24) is 5.32 Å². The number of nitrogens with one attached hydrogen (secondary N) is 1. The Morgan fingerprint density at radius 3 is 2.26 bits per heavy atom. The van der Waals surface area contributed by atoms with Gasteiger partial charge in [0.1, 0.15) is 11.6 Å². The number of hydrogen-bond acceptors (Lipinski definition) is 2. The third kappa shape index (κ3) is 4.25. The smallest absolute Gasteiger partial charge is 0.129 e. The highest BCUT2D eigenvalue weighted by Gasteiger charge is 2.31. The largest absolute Gasteiger partial charge is 0.374 e. The Labute approximate surface area is 114 Å². The fourth-order valence-electron chi connectivity index (χ4n) is 2.21.